The summed E-state index contributed by atoms with van der Waals surface area (Å²) in [6.07, 6.45) is 12.2. The van der Waals surface area contributed by atoms with Gasteiger partial charge in [-0.1, -0.05) is 329 Å². The Morgan fingerprint density at radius 2 is 0.831 bits per heavy atom. The number of rotatable bonds is 5. The van der Waals surface area contributed by atoms with E-state index in [0.717, 1.165) is 54.1 Å². The van der Waals surface area contributed by atoms with E-state index in [2.05, 4.69) is 311 Å². The molecular formula is C51H79Br3ClI7N6O2V. The summed E-state index contributed by atoms with van der Waals surface area (Å²) in [6, 6.07) is 17.8. The number of hydrogen-bond acceptors (Lipinski definition) is 8. The number of hydrogen-bond donors (Lipinski definition) is 0. The van der Waals surface area contributed by atoms with Gasteiger partial charge >= 0.3 is 0 Å². The van der Waals surface area contributed by atoms with Crippen molar-refractivity contribution in [3.63, 3.8) is 0 Å². The topological polar surface area (TPSA) is 111 Å². The van der Waals surface area contributed by atoms with Gasteiger partial charge in [-0.15, -0.1) is 0 Å². The van der Waals surface area contributed by atoms with E-state index in [1.807, 2.05) is 96.1 Å². The van der Waals surface area contributed by atoms with Crippen LogP contribution in [0.1, 0.15) is 142 Å². The molecule has 71 heavy (non-hydrogen) atoms. The summed E-state index contributed by atoms with van der Waals surface area (Å²) in [5, 5.41) is 27.6. The zero-order valence-corrected chi connectivity index (χ0v) is 64.1. The molecule has 0 N–H and O–H groups in total. The number of aromatic nitrogens is 6. The first-order valence-corrected chi connectivity index (χ1v) is 33.0. The second-order valence-electron chi connectivity index (χ2n) is 12.3. The molecule has 407 valence electrons. The molecule has 0 aliphatic heterocycles. The number of halogens is 11. The minimum absolute atomic E-state index is 0. The minimum Gasteiger partial charge on any atom is -0.307 e. The van der Waals surface area contributed by atoms with Gasteiger partial charge in [0, 0.05) is 52.1 Å². The molecule has 0 bridgehead atoms. The van der Waals surface area contributed by atoms with E-state index in [9.17, 15) is 0 Å². The average molecular weight is 2020 g/mol. The Balaban J connectivity index is -0.0000000901. The van der Waals surface area contributed by atoms with E-state index < -0.39 is 0 Å². The van der Waals surface area contributed by atoms with Crippen LogP contribution in [0, 0.1) is 0 Å². The summed E-state index contributed by atoms with van der Waals surface area (Å²) >= 11 is 32.9. The number of carbonyl (C=O) groups is 2. The second kappa shape index (κ2) is 65.0. The van der Waals surface area contributed by atoms with Crippen LogP contribution in [0.4, 0.5) is 0 Å². The molecule has 0 spiro atoms. The second-order valence-corrected chi connectivity index (χ2v) is 36.1. The fourth-order valence-corrected chi connectivity index (χ4v) is 5.01. The summed E-state index contributed by atoms with van der Waals surface area (Å²) in [7, 11) is 0. The Hall–Kier alpha value is 2.44. The van der Waals surface area contributed by atoms with E-state index in [-0.39, 0.29) is 33.4 Å². The molecular weight excluding hydrogens is 1940 g/mol. The Labute approximate surface area is 569 Å². The quantitative estimate of drug-likeness (QED) is 0.124. The van der Waals surface area contributed by atoms with Crippen molar-refractivity contribution < 1.29 is 28.1 Å². The third-order valence-corrected chi connectivity index (χ3v) is 13.5. The summed E-state index contributed by atoms with van der Waals surface area (Å²) in [4.78, 5) is 16.0. The smallest absolute Gasteiger partial charge is 0.124 e. The summed E-state index contributed by atoms with van der Waals surface area (Å²) in [5.74, 6) is 0. The van der Waals surface area contributed by atoms with Gasteiger partial charge in [0.15, 0.2) is 0 Å². The largest absolute Gasteiger partial charge is 0.307 e. The zero-order valence-electron chi connectivity index (χ0n) is 42.1. The number of carbonyl (C=O) groups excluding carboxylic acids is 2. The van der Waals surface area contributed by atoms with E-state index >= 15 is 0 Å². The van der Waals surface area contributed by atoms with Crippen LogP contribution < -0.4 is 0 Å². The first kappa shape index (κ1) is 92.8. The van der Waals surface area contributed by atoms with E-state index in [4.69, 9.17) is 21.2 Å². The SMILES string of the molecule is C.C.C=O.C=O.CC.CC.CC(C)I.CCC.CCC(I)(I)I.CCC(I)I.CCCI.CCc1cnnc2ccc(Br)cc12.CCc1cnnc2ccc(Br)cc12.Clc1cnnc2ccc(Br)cc12.[V]. The van der Waals surface area contributed by atoms with Crippen molar-refractivity contribution in [3.8, 4) is 0 Å². The Kier molecular flexibility index (Phi) is 84.9. The van der Waals surface area contributed by atoms with Crippen molar-refractivity contribution in [3.05, 3.63) is 103 Å². The van der Waals surface area contributed by atoms with Crippen LogP contribution in [-0.4, -0.2) is 53.9 Å². The number of alkyl halides is 7. The third kappa shape index (κ3) is 54.2. The molecule has 0 aliphatic rings. The molecule has 6 rings (SSSR count). The van der Waals surface area contributed by atoms with Gasteiger partial charge in [-0.25, -0.2) is 0 Å². The Morgan fingerprint density at radius 3 is 1.06 bits per heavy atom. The van der Waals surface area contributed by atoms with Crippen molar-refractivity contribution in [2.24, 2.45) is 0 Å². The van der Waals surface area contributed by atoms with Crippen LogP contribution in [0.2, 0.25) is 5.02 Å². The van der Waals surface area contributed by atoms with E-state index in [1.54, 1.807) is 0 Å². The van der Waals surface area contributed by atoms with Gasteiger partial charge in [0.2, 0.25) is 0 Å². The van der Waals surface area contributed by atoms with Gasteiger partial charge in [-0.05, 0) is 102 Å². The molecule has 0 atom stereocenters. The summed E-state index contributed by atoms with van der Waals surface area (Å²) in [6.45, 7) is 31.3. The van der Waals surface area contributed by atoms with Crippen molar-refractivity contribution in [1.29, 1.82) is 0 Å². The van der Waals surface area contributed by atoms with Crippen molar-refractivity contribution in [2.75, 3.05) is 4.43 Å². The van der Waals surface area contributed by atoms with Gasteiger partial charge in [-0.3, -0.25) is 0 Å². The monoisotopic (exact) mass is 2020 g/mol. The molecule has 6 aromatic rings. The molecule has 8 nitrogen and oxygen atoms in total. The maximum absolute atomic E-state index is 8.00. The zero-order chi connectivity index (χ0) is 54.3. The minimum atomic E-state index is 0. The standard InChI is InChI=1S/2C10H9BrN2.C8H4BrClN2.C3H5I3.C3H6I2.2C3H7I.C3H8.2C2H6.2CH2O.2CH4.V/c2*1-2-7-6-12-13-10-4-3-8(11)5-9(7)10;9-5-1-2-8-6(3-5)7(10)4-11-12-8;1-2-3(4,5)6;1-2-3(4)5;1-3(2)4;1-2-3-4;1-3-2;4*1-2;;;/h2*3-6H,2H2,1H3;1-4H;2H2,1H3;3H,2H2,1H3;3H,1-2H3;2-3H2,1H3;3H2,1-2H3;2*1-2H3;2*1H2;2*1H4;. The molecule has 20 heteroatoms. The molecule has 1 radical (unpaired) electrons. The predicted molar refractivity (Wildman–Crippen MR) is 387 cm³/mol. The van der Waals surface area contributed by atoms with Gasteiger partial charge in [0.05, 0.1) is 42.1 Å². The maximum Gasteiger partial charge on any atom is 0.124 e. The van der Waals surface area contributed by atoms with Crippen LogP contribution >= 0.6 is 218 Å². The van der Waals surface area contributed by atoms with Crippen LogP contribution in [0.25, 0.3) is 32.7 Å². The molecule has 0 saturated carbocycles. The molecule has 3 aromatic carbocycles. The van der Waals surface area contributed by atoms with Gasteiger partial charge < -0.3 is 9.59 Å². The normalized spacial score (nSPS) is 8.82. The number of benzene rings is 3. The number of fused-ring (bicyclic) bond motifs is 3. The molecule has 3 aromatic heterocycles. The summed E-state index contributed by atoms with van der Waals surface area (Å²) < 4.78 is 6.53. The number of nitrogens with zero attached hydrogens (tertiary/aromatic N) is 6. The van der Waals surface area contributed by atoms with Crippen molar-refractivity contribution >= 4 is 264 Å². The molecule has 0 saturated heterocycles. The Bertz CT molecular complexity index is 1990. The number of aryl methyl sites for hydroxylation is 2. The Morgan fingerprint density at radius 1 is 0.592 bits per heavy atom. The van der Waals surface area contributed by atoms with Crippen LogP contribution in [-0.2, 0) is 41.0 Å². The van der Waals surface area contributed by atoms with Crippen LogP contribution in [0.3, 0.4) is 0 Å². The maximum atomic E-state index is 8.00. The fraction of sp³-hybridized carbons (Fsp3) is 0.490. The average Bonchev–Trinajstić information content (AvgIpc) is 3.34. The van der Waals surface area contributed by atoms with Gasteiger partial charge in [0.1, 0.15) is 13.0 Å². The van der Waals surface area contributed by atoms with Gasteiger partial charge in [-0.2, -0.15) is 30.6 Å². The first-order valence-electron chi connectivity index (χ1n) is 21.8. The fourth-order valence-electron chi connectivity index (χ4n) is 3.73. The third-order valence-electron chi connectivity index (χ3n) is 6.58. The molecule has 0 amide bonds. The summed E-state index contributed by atoms with van der Waals surface area (Å²) in [5.41, 5.74) is 5.22. The first-order chi connectivity index (χ1) is 32.3. The predicted octanol–water partition coefficient (Wildman–Crippen LogP) is 22.9. The molecule has 0 aliphatic carbocycles. The van der Waals surface area contributed by atoms with E-state index in [0.29, 0.717) is 4.46 Å². The van der Waals surface area contributed by atoms with E-state index in [1.165, 1.54) is 58.2 Å². The van der Waals surface area contributed by atoms with Gasteiger partial charge in [0.25, 0.3) is 0 Å². The van der Waals surface area contributed by atoms with Crippen LogP contribution in [0.15, 0.2) is 86.6 Å². The van der Waals surface area contributed by atoms with Crippen molar-refractivity contribution in [1.82, 2.24) is 30.6 Å². The molecule has 3 heterocycles. The molecule has 0 unspecified atom stereocenters. The molecule has 0 fully saturated rings. The van der Waals surface area contributed by atoms with Crippen LogP contribution in [0.5, 0.6) is 0 Å². The van der Waals surface area contributed by atoms with Crippen molar-refractivity contribution in [2.45, 2.75) is 149 Å².